The zero-order valence-electron chi connectivity index (χ0n) is 11.7. The average molecular weight is 283 g/mol. The number of aliphatic hydroxyl groups excluding tert-OH is 1. The minimum absolute atomic E-state index is 0.170. The Labute approximate surface area is 115 Å². The van der Waals surface area contributed by atoms with Gasteiger partial charge in [-0.2, -0.15) is 4.31 Å². The van der Waals surface area contributed by atoms with Crippen LogP contribution in [-0.4, -0.2) is 31.4 Å². The lowest BCUT2D eigenvalue weighted by Gasteiger charge is -2.19. The summed E-state index contributed by atoms with van der Waals surface area (Å²) in [5, 5.41) is 9.15. The van der Waals surface area contributed by atoms with Crippen molar-refractivity contribution in [2.75, 3.05) is 13.6 Å². The van der Waals surface area contributed by atoms with E-state index in [1.54, 1.807) is 25.1 Å². The summed E-state index contributed by atoms with van der Waals surface area (Å²) >= 11 is 0. The second-order valence-electron chi connectivity index (χ2n) is 4.67. The highest BCUT2D eigenvalue weighted by Crippen LogP contribution is 2.22. The summed E-state index contributed by atoms with van der Waals surface area (Å²) in [5.74, 6) is 0. The van der Waals surface area contributed by atoms with E-state index >= 15 is 0 Å². The molecule has 1 aromatic rings. The molecule has 0 unspecified atom stereocenters. The fourth-order valence-electron chi connectivity index (χ4n) is 1.86. The number of likely N-dealkylation sites (N-methyl/N-ethyl adjacent to an activating group) is 1. The molecule has 0 heterocycles. The number of benzene rings is 1. The Hall–Kier alpha value is -1.17. The SMILES string of the molecule is C=C(C)CN(C)S(=O)(=O)c1cc(CO)ccc1CC. The molecule has 0 radical (unpaired) electrons. The number of hydrogen-bond acceptors (Lipinski definition) is 3. The summed E-state index contributed by atoms with van der Waals surface area (Å²) in [6.45, 7) is 7.55. The van der Waals surface area contributed by atoms with Crippen LogP contribution in [0.5, 0.6) is 0 Å². The van der Waals surface area contributed by atoms with Gasteiger partial charge in [-0.05, 0) is 30.5 Å². The van der Waals surface area contributed by atoms with E-state index in [0.29, 0.717) is 12.0 Å². The van der Waals surface area contributed by atoms with E-state index in [1.807, 2.05) is 6.92 Å². The van der Waals surface area contributed by atoms with Crippen LogP contribution in [0.25, 0.3) is 0 Å². The first-order chi connectivity index (χ1) is 8.82. The van der Waals surface area contributed by atoms with Crippen LogP contribution in [0.15, 0.2) is 35.2 Å². The van der Waals surface area contributed by atoms with Gasteiger partial charge in [-0.15, -0.1) is 0 Å². The Morgan fingerprint density at radius 3 is 2.53 bits per heavy atom. The molecule has 1 aromatic carbocycles. The summed E-state index contributed by atoms with van der Waals surface area (Å²) in [7, 11) is -2.01. The molecule has 0 saturated heterocycles. The fraction of sp³-hybridized carbons (Fsp3) is 0.429. The van der Waals surface area contributed by atoms with Gasteiger partial charge in [0, 0.05) is 13.6 Å². The first-order valence-electron chi connectivity index (χ1n) is 6.16. The lowest BCUT2D eigenvalue weighted by atomic mass is 10.1. The van der Waals surface area contributed by atoms with Gasteiger partial charge < -0.3 is 5.11 Å². The highest BCUT2D eigenvalue weighted by Gasteiger charge is 2.23. The second-order valence-corrected chi connectivity index (χ2v) is 6.69. The zero-order valence-corrected chi connectivity index (χ0v) is 12.5. The molecule has 0 atom stereocenters. The molecule has 1 N–H and O–H groups in total. The topological polar surface area (TPSA) is 57.6 Å². The van der Waals surface area contributed by atoms with Crippen molar-refractivity contribution in [3.8, 4) is 0 Å². The third kappa shape index (κ3) is 3.65. The van der Waals surface area contributed by atoms with Crippen molar-refractivity contribution < 1.29 is 13.5 Å². The van der Waals surface area contributed by atoms with Crippen LogP contribution in [0.3, 0.4) is 0 Å². The number of hydrogen-bond donors (Lipinski definition) is 1. The maximum absolute atomic E-state index is 12.5. The van der Waals surface area contributed by atoms with E-state index in [1.165, 1.54) is 11.4 Å². The molecule has 4 nitrogen and oxygen atoms in total. The van der Waals surface area contributed by atoms with E-state index in [9.17, 15) is 8.42 Å². The third-order valence-electron chi connectivity index (χ3n) is 2.88. The van der Waals surface area contributed by atoms with Crippen LogP contribution < -0.4 is 0 Å². The van der Waals surface area contributed by atoms with Gasteiger partial charge >= 0.3 is 0 Å². The maximum atomic E-state index is 12.5. The molecular formula is C14H21NO3S. The summed E-state index contributed by atoms with van der Waals surface area (Å²) in [6.07, 6.45) is 0.626. The molecule has 0 saturated carbocycles. The second kappa shape index (κ2) is 6.32. The van der Waals surface area contributed by atoms with Crippen LogP contribution in [0.4, 0.5) is 0 Å². The number of sulfonamides is 1. The molecule has 0 spiro atoms. The maximum Gasteiger partial charge on any atom is 0.243 e. The quantitative estimate of drug-likeness (QED) is 0.812. The molecule has 106 valence electrons. The lowest BCUT2D eigenvalue weighted by Crippen LogP contribution is -2.29. The summed E-state index contributed by atoms with van der Waals surface area (Å²) < 4.78 is 26.3. The van der Waals surface area contributed by atoms with E-state index < -0.39 is 10.0 Å². The smallest absolute Gasteiger partial charge is 0.243 e. The number of aryl methyl sites for hydroxylation is 1. The van der Waals surface area contributed by atoms with Crippen LogP contribution in [0.1, 0.15) is 25.0 Å². The minimum Gasteiger partial charge on any atom is -0.392 e. The molecule has 0 bridgehead atoms. The average Bonchev–Trinajstić information content (AvgIpc) is 2.37. The molecule has 1 rings (SSSR count). The van der Waals surface area contributed by atoms with Gasteiger partial charge in [0.2, 0.25) is 10.0 Å². The molecule has 0 aliphatic rings. The highest BCUT2D eigenvalue weighted by molar-refractivity contribution is 7.89. The van der Waals surface area contributed by atoms with Crippen molar-refractivity contribution in [1.82, 2.24) is 4.31 Å². The molecule has 0 aliphatic carbocycles. The first kappa shape index (κ1) is 15.9. The fourth-order valence-corrected chi connectivity index (χ4v) is 3.43. The van der Waals surface area contributed by atoms with Crippen LogP contribution in [0, 0.1) is 0 Å². The van der Waals surface area contributed by atoms with Gasteiger partial charge in [0.1, 0.15) is 0 Å². The summed E-state index contributed by atoms with van der Waals surface area (Å²) in [4.78, 5) is 0.269. The number of aliphatic hydroxyl groups is 1. The van der Waals surface area contributed by atoms with Gasteiger partial charge in [-0.1, -0.05) is 31.2 Å². The molecule has 0 amide bonds. The van der Waals surface area contributed by atoms with E-state index in [2.05, 4.69) is 6.58 Å². The molecule has 0 aliphatic heterocycles. The largest absolute Gasteiger partial charge is 0.392 e. The van der Waals surface area contributed by atoms with E-state index in [0.717, 1.165) is 11.1 Å². The standard InChI is InChI=1S/C14H21NO3S/c1-5-13-7-6-12(10-16)8-14(13)19(17,18)15(4)9-11(2)3/h6-8,16H,2,5,9-10H2,1,3-4H3. The Morgan fingerprint density at radius 2 is 2.05 bits per heavy atom. The summed E-state index contributed by atoms with van der Waals surface area (Å²) in [5.41, 5.74) is 2.13. The van der Waals surface area contributed by atoms with Crippen molar-refractivity contribution >= 4 is 10.0 Å². The van der Waals surface area contributed by atoms with Gasteiger partial charge in [0.25, 0.3) is 0 Å². The number of rotatable bonds is 6. The van der Waals surface area contributed by atoms with Crippen molar-refractivity contribution in [2.45, 2.75) is 31.8 Å². The lowest BCUT2D eigenvalue weighted by molar-refractivity contribution is 0.281. The molecule has 19 heavy (non-hydrogen) atoms. The van der Waals surface area contributed by atoms with Gasteiger partial charge in [-0.25, -0.2) is 8.42 Å². The van der Waals surface area contributed by atoms with Gasteiger partial charge in [0.05, 0.1) is 11.5 Å². The highest BCUT2D eigenvalue weighted by atomic mass is 32.2. The molecule has 0 fully saturated rings. The van der Waals surface area contributed by atoms with Gasteiger partial charge in [-0.3, -0.25) is 0 Å². The number of nitrogens with zero attached hydrogens (tertiary/aromatic N) is 1. The monoisotopic (exact) mass is 283 g/mol. The molecular weight excluding hydrogens is 262 g/mol. The predicted octanol–water partition coefficient (Wildman–Crippen LogP) is 1.94. The Kier molecular flexibility index (Phi) is 5.29. The Balaban J connectivity index is 3.29. The van der Waals surface area contributed by atoms with Crippen LogP contribution in [0.2, 0.25) is 0 Å². The Morgan fingerprint density at radius 1 is 1.42 bits per heavy atom. The van der Waals surface area contributed by atoms with Crippen LogP contribution in [-0.2, 0) is 23.1 Å². The first-order valence-corrected chi connectivity index (χ1v) is 7.60. The third-order valence-corrected chi connectivity index (χ3v) is 4.76. The van der Waals surface area contributed by atoms with Crippen molar-refractivity contribution in [3.05, 3.63) is 41.5 Å². The van der Waals surface area contributed by atoms with Crippen molar-refractivity contribution in [3.63, 3.8) is 0 Å². The Bertz CT molecular complexity index is 564. The van der Waals surface area contributed by atoms with E-state index in [4.69, 9.17) is 5.11 Å². The predicted molar refractivity (Wildman–Crippen MR) is 76.4 cm³/mol. The normalized spacial score (nSPS) is 11.8. The van der Waals surface area contributed by atoms with E-state index in [-0.39, 0.29) is 18.0 Å². The minimum atomic E-state index is -3.55. The molecule has 5 heteroatoms. The molecule has 0 aromatic heterocycles. The zero-order chi connectivity index (χ0) is 14.6. The van der Waals surface area contributed by atoms with Crippen LogP contribution >= 0.6 is 0 Å². The summed E-state index contributed by atoms with van der Waals surface area (Å²) in [6, 6.07) is 5.05. The van der Waals surface area contributed by atoms with Crippen molar-refractivity contribution in [2.24, 2.45) is 0 Å². The van der Waals surface area contributed by atoms with Crippen molar-refractivity contribution in [1.29, 1.82) is 0 Å². The van der Waals surface area contributed by atoms with Gasteiger partial charge in [0.15, 0.2) is 0 Å².